The molecule has 1 rings (SSSR count). The molecule has 1 unspecified atom stereocenters. The van der Waals surface area contributed by atoms with Crippen molar-refractivity contribution in [1.29, 1.82) is 0 Å². The van der Waals surface area contributed by atoms with Crippen molar-refractivity contribution in [2.45, 2.75) is 6.42 Å². The number of hydrogen-bond acceptors (Lipinski definition) is 3. The summed E-state index contributed by atoms with van der Waals surface area (Å²) in [5, 5.41) is 10.5. The van der Waals surface area contributed by atoms with Crippen LogP contribution in [0.25, 0.3) is 0 Å². The first kappa shape index (κ1) is 8.99. The second kappa shape index (κ2) is 4.06. The standard InChI is InChI=1S/C7H11NO4/c9-6(7(10)11)8-3-5-1-2-12-4-5/h5H,1-4H2,(H,8,9)(H,10,11). The third kappa shape index (κ3) is 2.50. The molecule has 0 aromatic rings. The summed E-state index contributed by atoms with van der Waals surface area (Å²) in [6.45, 7) is 1.71. The van der Waals surface area contributed by atoms with Crippen molar-refractivity contribution in [3.63, 3.8) is 0 Å². The molecular weight excluding hydrogens is 162 g/mol. The van der Waals surface area contributed by atoms with Gasteiger partial charge in [-0.15, -0.1) is 0 Å². The molecule has 2 N–H and O–H groups in total. The highest BCUT2D eigenvalue weighted by atomic mass is 16.5. The van der Waals surface area contributed by atoms with Crippen molar-refractivity contribution in [3.05, 3.63) is 0 Å². The molecule has 1 aliphatic rings. The first-order chi connectivity index (χ1) is 5.70. The Morgan fingerprint density at radius 1 is 1.58 bits per heavy atom. The lowest BCUT2D eigenvalue weighted by molar-refractivity contribution is -0.150. The molecule has 1 aliphatic heterocycles. The Balaban J connectivity index is 2.16. The summed E-state index contributed by atoms with van der Waals surface area (Å²) in [5.41, 5.74) is 0. The molecule has 1 atom stereocenters. The van der Waals surface area contributed by atoms with E-state index in [1.54, 1.807) is 0 Å². The smallest absolute Gasteiger partial charge is 0.394 e. The molecule has 1 heterocycles. The molecule has 1 fully saturated rings. The predicted octanol–water partition coefficient (Wildman–Crippen LogP) is -0.776. The summed E-state index contributed by atoms with van der Waals surface area (Å²) >= 11 is 0. The molecule has 0 spiro atoms. The summed E-state index contributed by atoms with van der Waals surface area (Å²) in [4.78, 5) is 20.6. The average molecular weight is 173 g/mol. The van der Waals surface area contributed by atoms with Gasteiger partial charge in [-0.05, 0) is 6.42 Å². The number of nitrogens with one attached hydrogen (secondary N) is 1. The summed E-state index contributed by atoms with van der Waals surface area (Å²) in [6, 6.07) is 0. The molecular formula is C7H11NO4. The molecule has 0 radical (unpaired) electrons. The van der Waals surface area contributed by atoms with Crippen LogP contribution in [0.5, 0.6) is 0 Å². The van der Waals surface area contributed by atoms with Gasteiger partial charge in [0.2, 0.25) is 0 Å². The maximum Gasteiger partial charge on any atom is 0.394 e. The molecule has 0 aliphatic carbocycles. The van der Waals surface area contributed by atoms with Gasteiger partial charge < -0.3 is 15.2 Å². The SMILES string of the molecule is O=C(O)C(=O)NCC1CCOC1. The maximum absolute atomic E-state index is 10.5. The summed E-state index contributed by atoms with van der Waals surface area (Å²) in [5.74, 6) is -2.11. The van der Waals surface area contributed by atoms with Crippen molar-refractivity contribution in [1.82, 2.24) is 5.32 Å². The van der Waals surface area contributed by atoms with E-state index in [-0.39, 0.29) is 5.92 Å². The zero-order valence-electron chi connectivity index (χ0n) is 6.58. The van der Waals surface area contributed by atoms with Crippen LogP contribution in [0, 0.1) is 5.92 Å². The Hall–Kier alpha value is -1.10. The van der Waals surface area contributed by atoms with E-state index in [1.807, 2.05) is 0 Å². The first-order valence-corrected chi connectivity index (χ1v) is 3.79. The second-order valence-corrected chi connectivity index (χ2v) is 2.74. The van der Waals surface area contributed by atoms with Gasteiger partial charge in [0.15, 0.2) is 0 Å². The normalized spacial score (nSPS) is 22.2. The molecule has 0 saturated carbocycles. The van der Waals surface area contributed by atoms with E-state index in [4.69, 9.17) is 9.84 Å². The van der Waals surface area contributed by atoms with Gasteiger partial charge in [-0.25, -0.2) is 4.79 Å². The fourth-order valence-corrected chi connectivity index (χ4v) is 1.06. The van der Waals surface area contributed by atoms with Crippen LogP contribution in [-0.2, 0) is 14.3 Å². The summed E-state index contributed by atoms with van der Waals surface area (Å²) in [7, 11) is 0. The summed E-state index contributed by atoms with van der Waals surface area (Å²) < 4.78 is 5.05. The quantitative estimate of drug-likeness (QED) is 0.537. The molecule has 1 amide bonds. The number of carbonyl (C=O) groups excluding carboxylic acids is 1. The lowest BCUT2D eigenvalue weighted by Crippen LogP contribution is -2.34. The fourth-order valence-electron chi connectivity index (χ4n) is 1.06. The highest BCUT2D eigenvalue weighted by Crippen LogP contribution is 2.10. The largest absolute Gasteiger partial charge is 0.474 e. The van der Waals surface area contributed by atoms with Gasteiger partial charge in [-0.2, -0.15) is 0 Å². The zero-order valence-corrected chi connectivity index (χ0v) is 6.58. The van der Waals surface area contributed by atoms with Gasteiger partial charge in [-0.1, -0.05) is 0 Å². The third-order valence-electron chi connectivity index (χ3n) is 1.77. The van der Waals surface area contributed by atoms with Crippen molar-refractivity contribution < 1.29 is 19.4 Å². The van der Waals surface area contributed by atoms with Crippen LogP contribution >= 0.6 is 0 Å². The van der Waals surface area contributed by atoms with Gasteiger partial charge in [0.05, 0.1) is 6.61 Å². The Kier molecular flexibility index (Phi) is 3.04. The molecule has 5 heteroatoms. The van der Waals surface area contributed by atoms with Crippen LogP contribution < -0.4 is 5.32 Å². The lowest BCUT2D eigenvalue weighted by Gasteiger charge is -2.06. The van der Waals surface area contributed by atoms with E-state index in [0.717, 1.165) is 6.42 Å². The summed E-state index contributed by atoms with van der Waals surface area (Å²) in [6.07, 6.45) is 0.889. The highest BCUT2D eigenvalue weighted by Gasteiger charge is 2.18. The van der Waals surface area contributed by atoms with Crippen LogP contribution in [-0.4, -0.2) is 36.7 Å². The van der Waals surface area contributed by atoms with Crippen LogP contribution in [0.15, 0.2) is 0 Å². The highest BCUT2D eigenvalue weighted by molar-refractivity contribution is 6.31. The van der Waals surface area contributed by atoms with E-state index in [0.29, 0.717) is 19.8 Å². The number of carboxylic acid groups (broad SMARTS) is 1. The molecule has 0 aromatic carbocycles. The number of ether oxygens (including phenoxy) is 1. The maximum atomic E-state index is 10.5. The first-order valence-electron chi connectivity index (χ1n) is 3.79. The zero-order chi connectivity index (χ0) is 8.97. The number of carbonyl (C=O) groups is 2. The van der Waals surface area contributed by atoms with Crippen LogP contribution in [0.3, 0.4) is 0 Å². The Bertz CT molecular complexity index is 186. The van der Waals surface area contributed by atoms with Crippen molar-refractivity contribution in [2.75, 3.05) is 19.8 Å². The number of rotatable bonds is 2. The molecule has 68 valence electrons. The monoisotopic (exact) mass is 173 g/mol. The van der Waals surface area contributed by atoms with Gasteiger partial charge in [-0.3, -0.25) is 4.79 Å². The Labute approximate surface area is 69.7 Å². The number of carboxylic acids is 1. The van der Waals surface area contributed by atoms with Crippen LogP contribution in [0.4, 0.5) is 0 Å². The lowest BCUT2D eigenvalue weighted by atomic mass is 10.1. The Morgan fingerprint density at radius 2 is 2.33 bits per heavy atom. The van der Waals surface area contributed by atoms with E-state index >= 15 is 0 Å². The average Bonchev–Trinajstić information content (AvgIpc) is 2.51. The van der Waals surface area contributed by atoms with Crippen molar-refractivity contribution in [2.24, 2.45) is 5.92 Å². The number of amides is 1. The van der Waals surface area contributed by atoms with Gasteiger partial charge >= 0.3 is 11.9 Å². The third-order valence-corrected chi connectivity index (χ3v) is 1.77. The minimum absolute atomic E-state index is 0.272. The van der Waals surface area contributed by atoms with Crippen molar-refractivity contribution in [3.8, 4) is 0 Å². The molecule has 0 bridgehead atoms. The second-order valence-electron chi connectivity index (χ2n) is 2.74. The van der Waals surface area contributed by atoms with Gasteiger partial charge in [0, 0.05) is 19.1 Å². The van der Waals surface area contributed by atoms with E-state index in [9.17, 15) is 9.59 Å². The molecule has 12 heavy (non-hydrogen) atoms. The predicted molar refractivity (Wildman–Crippen MR) is 39.6 cm³/mol. The van der Waals surface area contributed by atoms with E-state index in [2.05, 4.69) is 5.32 Å². The van der Waals surface area contributed by atoms with Crippen LogP contribution in [0.2, 0.25) is 0 Å². The molecule has 1 saturated heterocycles. The number of aliphatic carboxylic acids is 1. The fraction of sp³-hybridized carbons (Fsp3) is 0.714. The van der Waals surface area contributed by atoms with Gasteiger partial charge in [0.1, 0.15) is 0 Å². The van der Waals surface area contributed by atoms with E-state index in [1.165, 1.54) is 0 Å². The Morgan fingerprint density at radius 3 is 2.83 bits per heavy atom. The van der Waals surface area contributed by atoms with Crippen molar-refractivity contribution >= 4 is 11.9 Å². The van der Waals surface area contributed by atoms with Crippen LogP contribution in [0.1, 0.15) is 6.42 Å². The topological polar surface area (TPSA) is 75.6 Å². The minimum atomic E-state index is -1.44. The van der Waals surface area contributed by atoms with E-state index < -0.39 is 11.9 Å². The van der Waals surface area contributed by atoms with Gasteiger partial charge in [0.25, 0.3) is 0 Å². The minimum Gasteiger partial charge on any atom is -0.474 e. The molecule has 0 aromatic heterocycles. The number of hydrogen-bond donors (Lipinski definition) is 2. The molecule has 5 nitrogen and oxygen atoms in total.